The summed E-state index contributed by atoms with van der Waals surface area (Å²) in [6, 6.07) is 10.0. The Bertz CT molecular complexity index is 805. The maximum absolute atomic E-state index is 12.6. The normalized spacial score (nSPS) is 14.3. The number of anilines is 1. The fourth-order valence-electron chi connectivity index (χ4n) is 3.27. The number of hydrogen-bond acceptors (Lipinski definition) is 6. The maximum Gasteiger partial charge on any atom is 0.409 e. The summed E-state index contributed by atoms with van der Waals surface area (Å²) in [5.41, 5.74) is 1.37. The number of aromatic nitrogens is 2. The molecule has 3 rings (SSSR count). The molecule has 2 aromatic rings. The molecule has 0 spiro atoms. The lowest BCUT2D eigenvalue weighted by Gasteiger charge is -2.31. The molecule has 8 heteroatoms. The van der Waals surface area contributed by atoms with E-state index in [1.54, 1.807) is 30.0 Å². The number of likely N-dealkylation sites (tertiary alicyclic amines) is 1. The molecule has 0 bridgehead atoms. The Morgan fingerprint density at radius 3 is 2.52 bits per heavy atom. The Labute approximate surface area is 170 Å². The molecule has 8 nitrogen and oxygen atoms in total. The zero-order valence-corrected chi connectivity index (χ0v) is 16.9. The van der Waals surface area contributed by atoms with Crippen LogP contribution in [-0.2, 0) is 11.3 Å². The average molecular weight is 397 g/mol. The van der Waals surface area contributed by atoms with E-state index in [1.165, 1.54) is 6.20 Å². The lowest BCUT2D eigenvalue weighted by atomic mass is 10.1. The van der Waals surface area contributed by atoms with Crippen molar-refractivity contribution in [2.24, 2.45) is 0 Å². The summed E-state index contributed by atoms with van der Waals surface area (Å²) in [6.45, 7) is 3.99. The lowest BCUT2D eigenvalue weighted by molar-refractivity contribution is 0.0778. The third kappa shape index (κ3) is 5.66. The number of nitrogens with one attached hydrogen (secondary N) is 1. The van der Waals surface area contributed by atoms with Gasteiger partial charge in [0.2, 0.25) is 0 Å². The second-order valence-corrected chi connectivity index (χ2v) is 7.04. The average Bonchev–Trinajstić information content (AvgIpc) is 2.75. The molecule has 29 heavy (non-hydrogen) atoms. The van der Waals surface area contributed by atoms with E-state index in [0.29, 0.717) is 37.8 Å². The molecule has 0 unspecified atom stereocenters. The summed E-state index contributed by atoms with van der Waals surface area (Å²) in [6.07, 6.45) is 4.44. The fraction of sp³-hybridized carbons (Fsp3) is 0.429. The predicted octanol–water partition coefficient (Wildman–Crippen LogP) is 2.78. The number of hydrogen-bond donors (Lipinski definition) is 1. The summed E-state index contributed by atoms with van der Waals surface area (Å²) < 4.78 is 5.04. The van der Waals surface area contributed by atoms with Crippen molar-refractivity contribution in [2.45, 2.75) is 32.4 Å². The second kappa shape index (κ2) is 9.86. The Hall–Kier alpha value is -3.16. The third-order valence-corrected chi connectivity index (χ3v) is 4.85. The van der Waals surface area contributed by atoms with Crippen LogP contribution >= 0.6 is 0 Å². The van der Waals surface area contributed by atoms with Gasteiger partial charge in [-0.05, 0) is 25.3 Å². The molecule has 0 atom stereocenters. The van der Waals surface area contributed by atoms with E-state index >= 15 is 0 Å². The van der Waals surface area contributed by atoms with Gasteiger partial charge in [0.25, 0.3) is 5.91 Å². The summed E-state index contributed by atoms with van der Waals surface area (Å²) >= 11 is 0. The van der Waals surface area contributed by atoms with Crippen LogP contribution in [0.2, 0.25) is 0 Å². The first-order valence-electron chi connectivity index (χ1n) is 9.86. The van der Waals surface area contributed by atoms with Crippen LogP contribution < -0.4 is 5.32 Å². The molecule has 1 fully saturated rings. The molecule has 0 radical (unpaired) electrons. The largest absolute Gasteiger partial charge is 0.450 e. The van der Waals surface area contributed by atoms with Gasteiger partial charge in [-0.1, -0.05) is 30.3 Å². The highest BCUT2D eigenvalue weighted by molar-refractivity contribution is 5.91. The van der Waals surface area contributed by atoms with E-state index in [9.17, 15) is 9.59 Å². The number of ether oxygens (including phenoxy) is 1. The van der Waals surface area contributed by atoms with Crippen LogP contribution in [0.3, 0.4) is 0 Å². The van der Waals surface area contributed by atoms with Crippen LogP contribution in [0.25, 0.3) is 0 Å². The Kier molecular flexibility index (Phi) is 6.99. The minimum atomic E-state index is -0.256. The molecular weight excluding hydrogens is 370 g/mol. The van der Waals surface area contributed by atoms with Gasteiger partial charge in [-0.25, -0.2) is 14.8 Å². The molecule has 1 saturated heterocycles. The Morgan fingerprint density at radius 2 is 1.90 bits per heavy atom. The van der Waals surface area contributed by atoms with Gasteiger partial charge in [-0.3, -0.25) is 4.79 Å². The smallest absolute Gasteiger partial charge is 0.409 e. The number of rotatable bonds is 6. The van der Waals surface area contributed by atoms with Gasteiger partial charge < -0.3 is 19.9 Å². The van der Waals surface area contributed by atoms with Gasteiger partial charge in [0.1, 0.15) is 11.5 Å². The molecule has 1 aliphatic heterocycles. The lowest BCUT2D eigenvalue weighted by Crippen LogP contribution is -2.42. The van der Waals surface area contributed by atoms with Crippen molar-refractivity contribution in [3.63, 3.8) is 0 Å². The summed E-state index contributed by atoms with van der Waals surface area (Å²) in [7, 11) is 1.75. The molecule has 1 aliphatic rings. The molecule has 2 amide bonds. The quantitative estimate of drug-likeness (QED) is 0.806. The van der Waals surface area contributed by atoms with Crippen LogP contribution in [0.15, 0.2) is 42.7 Å². The molecule has 1 aromatic carbocycles. The Morgan fingerprint density at radius 1 is 1.17 bits per heavy atom. The first-order chi connectivity index (χ1) is 14.1. The highest BCUT2D eigenvalue weighted by Gasteiger charge is 2.24. The van der Waals surface area contributed by atoms with Crippen molar-refractivity contribution in [1.82, 2.24) is 19.8 Å². The van der Waals surface area contributed by atoms with E-state index < -0.39 is 0 Å². The van der Waals surface area contributed by atoms with Gasteiger partial charge in [0, 0.05) is 32.7 Å². The van der Waals surface area contributed by atoms with Crippen molar-refractivity contribution in [2.75, 3.05) is 32.1 Å². The number of carbonyl (C=O) groups is 2. The summed E-state index contributed by atoms with van der Waals surface area (Å²) in [5, 5.41) is 3.33. The number of piperidine rings is 1. The van der Waals surface area contributed by atoms with Gasteiger partial charge >= 0.3 is 6.09 Å². The molecule has 154 valence electrons. The van der Waals surface area contributed by atoms with Crippen molar-refractivity contribution in [3.8, 4) is 0 Å². The molecule has 1 aromatic heterocycles. The predicted molar refractivity (Wildman–Crippen MR) is 110 cm³/mol. The van der Waals surface area contributed by atoms with Crippen LogP contribution in [-0.4, -0.2) is 64.6 Å². The number of benzene rings is 1. The van der Waals surface area contributed by atoms with Crippen molar-refractivity contribution in [3.05, 3.63) is 54.0 Å². The topological polar surface area (TPSA) is 87.7 Å². The third-order valence-electron chi connectivity index (χ3n) is 4.85. The van der Waals surface area contributed by atoms with Gasteiger partial charge in [-0.15, -0.1) is 0 Å². The highest BCUT2D eigenvalue weighted by Crippen LogP contribution is 2.16. The van der Waals surface area contributed by atoms with E-state index in [-0.39, 0.29) is 18.0 Å². The minimum Gasteiger partial charge on any atom is -0.450 e. The zero-order chi connectivity index (χ0) is 20.6. The van der Waals surface area contributed by atoms with Crippen LogP contribution in [0.1, 0.15) is 35.8 Å². The molecule has 0 saturated carbocycles. The fourth-order valence-corrected chi connectivity index (χ4v) is 3.27. The SMILES string of the molecule is CCOC(=O)N1CCC(Nc2cnc(C(=O)N(C)Cc3ccccc3)cn2)CC1. The minimum absolute atomic E-state index is 0.171. The Balaban J connectivity index is 1.50. The standard InChI is InChI=1S/C21H27N5O3/c1-3-29-21(28)26-11-9-17(10-12-26)24-19-14-22-18(13-23-19)20(27)25(2)15-16-7-5-4-6-8-16/h4-8,13-14,17H,3,9-12,15H2,1-2H3,(H,23,24). The zero-order valence-electron chi connectivity index (χ0n) is 16.9. The highest BCUT2D eigenvalue weighted by atomic mass is 16.6. The van der Waals surface area contributed by atoms with E-state index in [4.69, 9.17) is 4.74 Å². The number of carbonyl (C=O) groups excluding carboxylic acids is 2. The van der Waals surface area contributed by atoms with Crippen LogP contribution in [0.4, 0.5) is 10.6 Å². The van der Waals surface area contributed by atoms with Gasteiger partial charge in [0.05, 0.1) is 19.0 Å². The first-order valence-corrected chi connectivity index (χ1v) is 9.86. The number of nitrogens with zero attached hydrogens (tertiary/aromatic N) is 4. The van der Waals surface area contributed by atoms with Gasteiger partial charge in [0.15, 0.2) is 0 Å². The van der Waals surface area contributed by atoms with Gasteiger partial charge in [-0.2, -0.15) is 0 Å². The van der Waals surface area contributed by atoms with Crippen molar-refractivity contribution < 1.29 is 14.3 Å². The second-order valence-electron chi connectivity index (χ2n) is 7.04. The van der Waals surface area contributed by atoms with Crippen LogP contribution in [0, 0.1) is 0 Å². The van der Waals surface area contributed by atoms with Crippen molar-refractivity contribution in [1.29, 1.82) is 0 Å². The number of amides is 2. The van der Waals surface area contributed by atoms with Crippen molar-refractivity contribution >= 4 is 17.8 Å². The van der Waals surface area contributed by atoms with Crippen LogP contribution in [0.5, 0.6) is 0 Å². The van der Waals surface area contributed by atoms with E-state index in [1.807, 2.05) is 30.3 Å². The monoisotopic (exact) mass is 397 g/mol. The molecule has 1 N–H and O–H groups in total. The van der Waals surface area contributed by atoms with E-state index in [0.717, 1.165) is 18.4 Å². The first kappa shape index (κ1) is 20.6. The summed E-state index contributed by atoms with van der Waals surface area (Å²) in [5.74, 6) is 0.456. The maximum atomic E-state index is 12.6. The molecular formula is C21H27N5O3. The molecule has 2 heterocycles. The molecule has 0 aliphatic carbocycles. The van der Waals surface area contributed by atoms with E-state index in [2.05, 4.69) is 15.3 Å². The summed E-state index contributed by atoms with van der Waals surface area (Å²) in [4.78, 5) is 36.3.